The van der Waals surface area contributed by atoms with Gasteiger partial charge in [-0.05, 0) is 31.4 Å². The van der Waals surface area contributed by atoms with E-state index in [1.54, 1.807) is 18.7 Å². The van der Waals surface area contributed by atoms with Crippen LogP contribution in [0.25, 0.3) is 0 Å². The molecule has 1 aromatic rings. The van der Waals surface area contributed by atoms with Crippen LogP contribution in [0.2, 0.25) is 0 Å². The van der Waals surface area contributed by atoms with Crippen molar-refractivity contribution in [3.8, 4) is 0 Å². The van der Waals surface area contributed by atoms with Gasteiger partial charge < -0.3 is 0 Å². The van der Waals surface area contributed by atoms with Crippen molar-refractivity contribution < 1.29 is 4.79 Å². The first-order valence-electron chi connectivity index (χ1n) is 3.49. The summed E-state index contributed by atoms with van der Waals surface area (Å²) in [6.45, 7) is 1.58. The van der Waals surface area contributed by atoms with Crippen molar-refractivity contribution in [2.24, 2.45) is 0 Å². The number of rotatable bonds is 2. The van der Waals surface area contributed by atoms with Crippen LogP contribution < -0.4 is 0 Å². The molecule has 0 radical (unpaired) electrons. The lowest BCUT2D eigenvalue weighted by atomic mass is 10.1. The molecule has 64 valence electrons. The van der Waals surface area contributed by atoms with Gasteiger partial charge in [-0.1, -0.05) is 15.9 Å². The SMILES string of the molecule is CSc1ccc(Br)cc1C(C)=O. The Morgan fingerprint density at radius 2 is 2.17 bits per heavy atom. The summed E-state index contributed by atoms with van der Waals surface area (Å²) in [5.74, 6) is 0.112. The Morgan fingerprint density at radius 1 is 1.50 bits per heavy atom. The Balaban J connectivity index is 3.21. The molecule has 0 spiro atoms. The van der Waals surface area contributed by atoms with Gasteiger partial charge in [0.15, 0.2) is 5.78 Å². The smallest absolute Gasteiger partial charge is 0.160 e. The Bertz CT molecular complexity index is 309. The van der Waals surface area contributed by atoms with E-state index < -0.39 is 0 Å². The molecular weight excluding hydrogens is 236 g/mol. The molecule has 0 atom stereocenters. The van der Waals surface area contributed by atoms with Gasteiger partial charge in [-0.25, -0.2) is 0 Å². The molecule has 0 heterocycles. The lowest BCUT2D eigenvalue weighted by Crippen LogP contribution is -1.94. The van der Waals surface area contributed by atoms with Crippen LogP contribution in [0.4, 0.5) is 0 Å². The summed E-state index contributed by atoms with van der Waals surface area (Å²) >= 11 is 4.92. The van der Waals surface area contributed by atoms with E-state index in [1.807, 2.05) is 24.5 Å². The van der Waals surface area contributed by atoms with Gasteiger partial charge >= 0.3 is 0 Å². The maximum Gasteiger partial charge on any atom is 0.160 e. The van der Waals surface area contributed by atoms with Crippen LogP contribution in [0.1, 0.15) is 17.3 Å². The fourth-order valence-corrected chi connectivity index (χ4v) is 1.94. The molecule has 0 aliphatic rings. The summed E-state index contributed by atoms with van der Waals surface area (Å²) in [5.41, 5.74) is 0.789. The van der Waals surface area contributed by atoms with Crippen LogP contribution in [0.3, 0.4) is 0 Å². The van der Waals surface area contributed by atoms with Gasteiger partial charge in [-0.2, -0.15) is 0 Å². The van der Waals surface area contributed by atoms with E-state index in [2.05, 4.69) is 15.9 Å². The summed E-state index contributed by atoms with van der Waals surface area (Å²) in [4.78, 5) is 12.2. The molecule has 0 N–H and O–H groups in total. The second-order valence-electron chi connectivity index (χ2n) is 2.40. The third-order valence-corrected chi connectivity index (χ3v) is 2.83. The molecule has 12 heavy (non-hydrogen) atoms. The third kappa shape index (κ3) is 2.11. The number of carbonyl (C=O) groups is 1. The minimum absolute atomic E-state index is 0.112. The van der Waals surface area contributed by atoms with E-state index in [1.165, 1.54) is 0 Å². The maximum absolute atomic E-state index is 11.1. The summed E-state index contributed by atoms with van der Waals surface area (Å²) in [5, 5.41) is 0. The number of carbonyl (C=O) groups excluding carboxylic acids is 1. The van der Waals surface area contributed by atoms with Crippen LogP contribution in [0, 0.1) is 0 Å². The minimum atomic E-state index is 0.112. The van der Waals surface area contributed by atoms with Crippen LogP contribution in [-0.4, -0.2) is 12.0 Å². The Morgan fingerprint density at radius 3 is 2.67 bits per heavy atom. The number of hydrogen-bond donors (Lipinski definition) is 0. The number of Topliss-reactive ketones (excluding diaryl/α,β-unsaturated/α-hetero) is 1. The molecule has 0 saturated heterocycles. The van der Waals surface area contributed by atoms with Crippen LogP contribution in [-0.2, 0) is 0 Å². The molecular formula is C9H9BrOS. The predicted molar refractivity (Wildman–Crippen MR) is 55.9 cm³/mol. The standard InChI is InChI=1S/C9H9BrOS/c1-6(11)8-5-7(10)3-4-9(8)12-2/h3-5H,1-2H3. The van der Waals surface area contributed by atoms with E-state index in [4.69, 9.17) is 0 Å². The quantitative estimate of drug-likeness (QED) is 0.587. The fourth-order valence-electron chi connectivity index (χ4n) is 0.955. The summed E-state index contributed by atoms with van der Waals surface area (Å²) < 4.78 is 0.950. The van der Waals surface area contributed by atoms with Gasteiger partial charge in [0.25, 0.3) is 0 Å². The predicted octanol–water partition coefficient (Wildman–Crippen LogP) is 3.37. The van der Waals surface area contributed by atoms with Gasteiger partial charge in [0, 0.05) is 14.9 Å². The molecule has 0 bridgehead atoms. The number of ketones is 1. The van der Waals surface area contributed by atoms with Crippen molar-refractivity contribution >= 4 is 33.5 Å². The van der Waals surface area contributed by atoms with E-state index in [-0.39, 0.29) is 5.78 Å². The van der Waals surface area contributed by atoms with E-state index in [0.29, 0.717) is 0 Å². The van der Waals surface area contributed by atoms with Crippen molar-refractivity contribution in [2.45, 2.75) is 11.8 Å². The third-order valence-electron chi connectivity index (χ3n) is 1.54. The highest BCUT2D eigenvalue weighted by molar-refractivity contribution is 9.10. The molecule has 0 aromatic heterocycles. The topological polar surface area (TPSA) is 17.1 Å². The minimum Gasteiger partial charge on any atom is -0.294 e. The zero-order chi connectivity index (χ0) is 9.14. The first kappa shape index (κ1) is 9.81. The molecule has 3 heteroatoms. The van der Waals surface area contributed by atoms with Crippen LogP contribution in [0.5, 0.6) is 0 Å². The van der Waals surface area contributed by atoms with E-state index >= 15 is 0 Å². The molecule has 0 unspecified atom stereocenters. The second kappa shape index (κ2) is 4.10. The molecule has 0 aliphatic carbocycles. The van der Waals surface area contributed by atoms with Crippen LogP contribution >= 0.6 is 27.7 Å². The van der Waals surface area contributed by atoms with Gasteiger partial charge in [-0.15, -0.1) is 11.8 Å². The first-order chi connectivity index (χ1) is 5.65. The maximum atomic E-state index is 11.1. The van der Waals surface area contributed by atoms with Crippen molar-refractivity contribution in [2.75, 3.05) is 6.26 Å². The van der Waals surface area contributed by atoms with Gasteiger partial charge in [0.1, 0.15) is 0 Å². The second-order valence-corrected chi connectivity index (χ2v) is 4.16. The Hall–Kier alpha value is -0.280. The average Bonchev–Trinajstić information content (AvgIpc) is 2.04. The van der Waals surface area contributed by atoms with E-state index in [9.17, 15) is 4.79 Å². The summed E-state index contributed by atoms with van der Waals surface area (Å²) in [6.07, 6.45) is 1.97. The Kier molecular flexibility index (Phi) is 3.35. The van der Waals surface area contributed by atoms with Gasteiger partial charge in [-0.3, -0.25) is 4.79 Å². The molecule has 0 fully saturated rings. The monoisotopic (exact) mass is 244 g/mol. The number of thioether (sulfide) groups is 1. The first-order valence-corrected chi connectivity index (χ1v) is 5.51. The largest absolute Gasteiger partial charge is 0.294 e. The number of halogens is 1. The summed E-state index contributed by atoms with van der Waals surface area (Å²) in [6, 6.07) is 5.75. The van der Waals surface area contributed by atoms with E-state index in [0.717, 1.165) is 14.9 Å². The molecule has 1 nitrogen and oxygen atoms in total. The fraction of sp³-hybridized carbons (Fsp3) is 0.222. The zero-order valence-electron chi connectivity index (χ0n) is 6.93. The Labute approximate surface area is 84.7 Å². The van der Waals surface area contributed by atoms with Crippen molar-refractivity contribution in [1.82, 2.24) is 0 Å². The summed E-state index contributed by atoms with van der Waals surface area (Å²) in [7, 11) is 0. The normalized spacial score (nSPS) is 9.92. The molecule has 1 rings (SSSR count). The highest BCUT2D eigenvalue weighted by Gasteiger charge is 2.05. The zero-order valence-corrected chi connectivity index (χ0v) is 9.33. The lowest BCUT2D eigenvalue weighted by Gasteiger charge is -2.03. The average molecular weight is 245 g/mol. The number of benzene rings is 1. The van der Waals surface area contributed by atoms with Crippen molar-refractivity contribution in [3.05, 3.63) is 28.2 Å². The highest BCUT2D eigenvalue weighted by Crippen LogP contribution is 2.24. The molecule has 0 amide bonds. The van der Waals surface area contributed by atoms with Crippen LogP contribution in [0.15, 0.2) is 27.6 Å². The van der Waals surface area contributed by atoms with Gasteiger partial charge in [0.05, 0.1) is 0 Å². The molecule has 0 aliphatic heterocycles. The highest BCUT2D eigenvalue weighted by atomic mass is 79.9. The number of hydrogen-bond acceptors (Lipinski definition) is 2. The van der Waals surface area contributed by atoms with Gasteiger partial charge in [0.2, 0.25) is 0 Å². The lowest BCUT2D eigenvalue weighted by molar-refractivity contribution is 0.101. The van der Waals surface area contributed by atoms with Crippen molar-refractivity contribution in [1.29, 1.82) is 0 Å². The van der Waals surface area contributed by atoms with Crippen molar-refractivity contribution in [3.63, 3.8) is 0 Å². The molecule has 1 aromatic carbocycles. The molecule has 0 saturated carbocycles.